The number of hydrogen-bond donors (Lipinski definition) is 3. The Morgan fingerprint density at radius 2 is 1.89 bits per heavy atom. The number of phosphoric ester groups is 1. The fraction of sp³-hybridized carbons (Fsp3) is 0.355. The number of nitrogens with zero attached hydrogens (tertiary/aromatic N) is 5. The van der Waals surface area contributed by atoms with Gasteiger partial charge in [-0.25, -0.2) is 18.5 Å². The largest absolute Gasteiger partial charge is 0.471 e. The van der Waals surface area contributed by atoms with E-state index in [0.717, 1.165) is 35.2 Å². The Kier molecular flexibility index (Phi) is 6.41. The molecule has 44 heavy (non-hydrogen) atoms. The van der Waals surface area contributed by atoms with Gasteiger partial charge in [0.15, 0.2) is 12.8 Å². The second kappa shape index (κ2) is 9.79. The SMILES string of the molecule is Cc1nn(COP(=O)(O)O)c(C)c1-c1ccc([N+]2(C)C(=O)[C@@H](NC(=O)c3ccnn3C)C3c4ccccc4CC34CC42)cc1. The number of carbonyl (C=O) groups is 2. The number of benzene rings is 2. The van der Waals surface area contributed by atoms with Gasteiger partial charge >= 0.3 is 13.7 Å². The van der Waals surface area contributed by atoms with Gasteiger partial charge in [-0.3, -0.25) is 14.0 Å². The Labute approximate surface area is 254 Å². The maximum Gasteiger partial charge on any atom is 0.471 e. The van der Waals surface area contributed by atoms with Crippen molar-refractivity contribution in [2.75, 3.05) is 7.05 Å². The quantitative estimate of drug-likeness (QED) is 0.211. The molecule has 2 aromatic carbocycles. The molecule has 12 nitrogen and oxygen atoms in total. The van der Waals surface area contributed by atoms with Gasteiger partial charge in [0.2, 0.25) is 0 Å². The van der Waals surface area contributed by atoms with Crippen molar-refractivity contribution in [1.82, 2.24) is 29.4 Å². The van der Waals surface area contributed by atoms with Gasteiger partial charge in [-0.15, -0.1) is 0 Å². The molecule has 0 bridgehead atoms. The molecule has 3 N–H and O–H groups in total. The number of aromatic nitrogens is 4. The lowest BCUT2D eigenvalue weighted by Crippen LogP contribution is -2.67. The molecular weight excluding hydrogens is 583 g/mol. The number of phosphoric acid groups is 1. The Bertz CT molecular complexity index is 1880. The summed E-state index contributed by atoms with van der Waals surface area (Å²) >= 11 is 0. The molecule has 0 radical (unpaired) electrons. The summed E-state index contributed by atoms with van der Waals surface area (Å²) in [5, 5.41) is 11.7. The maximum absolute atomic E-state index is 14.7. The highest BCUT2D eigenvalue weighted by Gasteiger charge is 2.78. The number of aryl methyl sites for hydroxylation is 2. The van der Waals surface area contributed by atoms with Crippen molar-refractivity contribution in [3.8, 4) is 11.1 Å². The molecule has 1 saturated carbocycles. The normalized spacial score (nSPS) is 27.0. The monoisotopic (exact) mass is 617 g/mol. The second-order valence-electron chi connectivity index (χ2n) is 12.4. The molecule has 3 aliphatic rings. The van der Waals surface area contributed by atoms with E-state index in [0.29, 0.717) is 17.1 Å². The molecule has 2 fully saturated rings. The summed E-state index contributed by atoms with van der Waals surface area (Å²) in [6, 6.07) is 17.1. The smallest absolute Gasteiger partial charge is 0.335 e. The molecule has 2 amide bonds. The fourth-order valence-electron chi connectivity index (χ4n) is 7.96. The minimum Gasteiger partial charge on any atom is -0.335 e. The molecule has 2 aliphatic carbocycles. The molecule has 1 aliphatic heterocycles. The minimum absolute atomic E-state index is 0.0529. The number of likely N-dealkylation sites (N-methyl/N-ethyl adjacent to an activating group) is 1. The highest BCUT2D eigenvalue weighted by atomic mass is 31.2. The predicted molar refractivity (Wildman–Crippen MR) is 161 cm³/mol. The zero-order chi connectivity index (χ0) is 31.2. The van der Waals surface area contributed by atoms with Crippen molar-refractivity contribution in [3.05, 3.63) is 89.0 Å². The summed E-state index contributed by atoms with van der Waals surface area (Å²) in [5.74, 6) is -0.484. The van der Waals surface area contributed by atoms with Gasteiger partial charge in [0.05, 0.1) is 12.7 Å². The lowest BCUT2D eigenvalue weighted by molar-refractivity contribution is -0.135. The molecule has 3 heterocycles. The lowest BCUT2D eigenvalue weighted by Gasteiger charge is -2.43. The maximum atomic E-state index is 14.7. The number of nitrogens with one attached hydrogen (secondary N) is 1. The first kappa shape index (κ1) is 28.8. The first-order valence-corrected chi connectivity index (χ1v) is 16.0. The van der Waals surface area contributed by atoms with Crippen LogP contribution in [0.4, 0.5) is 5.69 Å². The Morgan fingerprint density at radius 1 is 1.16 bits per heavy atom. The number of fused-ring (bicyclic) bond motifs is 2. The first-order valence-electron chi connectivity index (χ1n) is 14.5. The minimum atomic E-state index is -4.65. The summed E-state index contributed by atoms with van der Waals surface area (Å²) in [5.41, 5.74) is 6.55. The van der Waals surface area contributed by atoms with E-state index >= 15 is 0 Å². The average Bonchev–Trinajstić information content (AvgIpc) is 3.23. The number of carbonyl (C=O) groups excluding carboxylic acids is 2. The number of amides is 2. The number of likely N-dealkylation sites (tertiary alicyclic amines) is 1. The van der Waals surface area contributed by atoms with Crippen LogP contribution in [0.15, 0.2) is 60.8 Å². The first-order chi connectivity index (χ1) is 20.8. The van der Waals surface area contributed by atoms with E-state index in [1.54, 1.807) is 19.3 Å². The number of rotatable bonds is 7. The van der Waals surface area contributed by atoms with E-state index in [4.69, 9.17) is 9.79 Å². The standard InChI is InChI=1S/C31H33N6O6P/c1-18-26(19(2)36(34-18)17-43-44(40,41)42)20-9-11-22(12-10-20)37(4)25-16-31(25)15-21-7-5-6-8-23(21)27(31)28(30(37)39)33-29(38)24-13-14-32-35(24)3/h5-14,25,27-28H,15-17H2,1-4H3,(H2-,33,38,40,41,42)/p+1/t25?,27?,28-,31?,37?/m0/s1. The van der Waals surface area contributed by atoms with Crippen molar-refractivity contribution in [3.63, 3.8) is 0 Å². The van der Waals surface area contributed by atoms with Crippen molar-refractivity contribution < 1.29 is 28.5 Å². The molecule has 4 aromatic rings. The third-order valence-corrected chi connectivity index (χ3v) is 10.5. The Balaban J connectivity index is 1.24. The highest BCUT2D eigenvalue weighted by molar-refractivity contribution is 7.46. The van der Waals surface area contributed by atoms with E-state index in [9.17, 15) is 14.2 Å². The zero-order valence-corrected chi connectivity index (χ0v) is 25.7. The van der Waals surface area contributed by atoms with Gasteiger partial charge < -0.3 is 15.1 Å². The summed E-state index contributed by atoms with van der Waals surface area (Å²) in [6.45, 7) is 3.26. The third-order valence-electron chi connectivity index (χ3n) is 10.0. The summed E-state index contributed by atoms with van der Waals surface area (Å²) in [6.07, 6.45) is 3.31. The number of quaternary nitrogens is 1. The average molecular weight is 618 g/mol. The second-order valence-corrected chi connectivity index (χ2v) is 13.6. The van der Waals surface area contributed by atoms with Crippen LogP contribution in [0.3, 0.4) is 0 Å². The van der Waals surface area contributed by atoms with Crippen molar-refractivity contribution >= 4 is 25.3 Å². The Morgan fingerprint density at radius 3 is 2.57 bits per heavy atom. The molecule has 1 spiro atoms. The van der Waals surface area contributed by atoms with E-state index in [1.807, 2.05) is 57.3 Å². The van der Waals surface area contributed by atoms with E-state index < -0.39 is 13.9 Å². The van der Waals surface area contributed by atoms with Crippen LogP contribution in [0.2, 0.25) is 0 Å². The summed E-state index contributed by atoms with van der Waals surface area (Å²) in [7, 11) is -0.976. The number of hydrogen-bond acceptors (Lipinski definition) is 6. The van der Waals surface area contributed by atoms with Gasteiger partial charge in [0.25, 0.3) is 5.91 Å². The van der Waals surface area contributed by atoms with Crippen LogP contribution in [-0.2, 0) is 34.1 Å². The van der Waals surface area contributed by atoms with Crippen LogP contribution in [0, 0.1) is 19.3 Å². The van der Waals surface area contributed by atoms with Crippen LogP contribution in [-0.4, -0.2) is 60.3 Å². The molecule has 4 unspecified atom stereocenters. The van der Waals surface area contributed by atoms with Gasteiger partial charge in [0.1, 0.15) is 17.4 Å². The van der Waals surface area contributed by atoms with E-state index in [1.165, 1.54) is 14.9 Å². The molecule has 13 heteroatoms. The van der Waals surface area contributed by atoms with Gasteiger partial charge in [0, 0.05) is 54.4 Å². The van der Waals surface area contributed by atoms with Crippen LogP contribution in [0.1, 0.15) is 45.3 Å². The predicted octanol–water partition coefficient (Wildman–Crippen LogP) is 3.34. The fourth-order valence-corrected chi connectivity index (χ4v) is 8.22. The summed E-state index contributed by atoms with van der Waals surface area (Å²) < 4.78 is 18.9. The van der Waals surface area contributed by atoms with Crippen LogP contribution >= 0.6 is 7.82 Å². The lowest BCUT2D eigenvalue weighted by atomic mass is 9.78. The van der Waals surface area contributed by atoms with Crippen molar-refractivity contribution in [1.29, 1.82) is 0 Å². The molecule has 5 atom stereocenters. The molecule has 1 saturated heterocycles. The molecule has 2 aromatic heterocycles. The van der Waals surface area contributed by atoms with Gasteiger partial charge in [-0.05, 0) is 55.2 Å². The van der Waals surface area contributed by atoms with Crippen LogP contribution < -0.4 is 9.80 Å². The molecular formula is C31H34N6O6P+. The van der Waals surface area contributed by atoms with Crippen LogP contribution in [0.25, 0.3) is 11.1 Å². The molecule has 7 rings (SSSR count). The van der Waals surface area contributed by atoms with Crippen molar-refractivity contribution in [2.24, 2.45) is 12.5 Å². The topological polar surface area (TPSA) is 149 Å². The van der Waals surface area contributed by atoms with Crippen molar-refractivity contribution in [2.45, 2.75) is 51.4 Å². The number of piperidine rings is 1. The summed E-state index contributed by atoms with van der Waals surface area (Å²) in [4.78, 5) is 46.4. The molecule has 228 valence electrons. The Hall–Kier alpha value is -3.93. The highest BCUT2D eigenvalue weighted by Crippen LogP contribution is 2.70. The zero-order valence-electron chi connectivity index (χ0n) is 24.8. The van der Waals surface area contributed by atoms with Gasteiger partial charge in [-0.1, -0.05) is 24.3 Å². The van der Waals surface area contributed by atoms with Gasteiger partial charge in [-0.2, -0.15) is 10.2 Å². The van der Waals surface area contributed by atoms with E-state index in [-0.39, 0.29) is 40.4 Å². The van der Waals surface area contributed by atoms with Crippen LogP contribution in [0.5, 0.6) is 0 Å². The van der Waals surface area contributed by atoms with E-state index in [2.05, 4.69) is 32.2 Å². The third kappa shape index (κ3) is 4.24.